The number of aromatic amines is 2. The van der Waals surface area contributed by atoms with E-state index in [0.717, 1.165) is 89.1 Å². The van der Waals surface area contributed by atoms with Crippen molar-refractivity contribution in [2.45, 2.75) is 27.7 Å². The zero-order valence-corrected chi connectivity index (χ0v) is 31.0. The Morgan fingerprint density at radius 1 is 0.436 bits per heavy atom. The van der Waals surface area contributed by atoms with Crippen LogP contribution in [0.25, 0.3) is 101 Å². The van der Waals surface area contributed by atoms with Gasteiger partial charge in [-0.3, -0.25) is 0 Å². The Balaban J connectivity index is 1.51. The van der Waals surface area contributed by atoms with Crippen molar-refractivity contribution in [3.63, 3.8) is 0 Å². The van der Waals surface area contributed by atoms with Crippen molar-refractivity contribution in [3.05, 3.63) is 177 Å². The van der Waals surface area contributed by atoms with Crippen LogP contribution in [0.1, 0.15) is 45.0 Å². The van der Waals surface area contributed by atoms with Crippen molar-refractivity contribution in [3.8, 4) is 44.5 Å². The molecule has 8 bridgehead atoms. The van der Waals surface area contributed by atoms with Crippen LogP contribution < -0.4 is 0 Å². The SMILES string of the molecule is Cc1ccc(-c2c3nc(c(-c4ccc(C)cc4)c4ccc([nH]4)c(-c4ccc(C)cc4)c4nc(c(-c5ccc(C)cc5)c5ccc2[nH]5)C=C4N=[N+]=[N-])C=C3)cc1. The Kier molecular flexibility index (Phi) is 8.34. The first-order valence-corrected chi connectivity index (χ1v) is 18.4. The van der Waals surface area contributed by atoms with Crippen LogP contribution in [0.15, 0.2) is 126 Å². The Morgan fingerprint density at radius 2 is 0.782 bits per heavy atom. The molecule has 0 radical (unpaired) electrons. The van der Waals surface area contributed by atoms with Crippen molar-refractivity contribution in [2.75, 3.05) is 0 Å². The molecule has 3 aromatic heterocycles. The largest absolute Gasteiger partial charge is 0.354 e. The zero-order chi connectivity index (χ0) is 37.6. The van der Waals surface area contributed by atoms with Crippen molar-refractivity contribution in [2.24, 2.45) is 5.11 Å². The fourth-order valence-corrected chi connectivity index (χ4v) is 7.48. The monoisotopic (exact) mass is 711 g/mol. The molecule has 0 fully saturated rings. The van der Waals surface area contributed by atoms with Crippen molar-refractivity contribution in [1.82, 2.24) is 19.9 Å². The van der Waals surface area contributed by atoms with Crippen LogP contribution in [0.5, 0.6) is 0 Å². The van der Waals surface area contributed by atoms with E-state index in [1.54, 1.807) is 0 Å². The van der Waals surface area contributed by atoms with Gasteiger partial charge in [-0.2, -0.15) is 0 Å². The van der Waals surface area contributed by atoms with E-state index in [4.69, 9.17) is 9.97 Å². The number of nitrogens with zero attached hydrogens (tertiary/aromatic N) is 5. The van der Waals surface area contributed by atoms with E-state index >= 15 is 0 Å². The van der Waals surface area contributed by atoms with E-state index in [9.17, 15) is 5.53 Å². The molecule has 7 nitrogen and oxygen atoms in total. The van der Waals surface area contributed by atoms with Gasteiger partial charge >= 0.3 is 0 Å². The standard InChI is InChI=1S/C48H37N7/c1-28-5-13-32(14-6-28)44-36-21-22-37(50-36)45(33-15-7-29(2)8-16-33)39-25-26-41(52-39)47(35-19-11-31(4)12-20-35)48-43(54-55-49)27-42(53-48)46(40-24-23-38(44)51-40)34-17-9-30(3)10-18-34/h5-27,51-52H,1-4H3. The van der Waals surface area contributed by atoms with Gasteiger partial charge in [-0.25, -0.2) is 9.97 Å². The summed E-state index contributed by atoms with van der Waals surface area (Å²) in [5.41, 5.74) is 29.3. The Morgan fingerprint density at radius 3 is 1.16 bits per heavy atom. The zero-order valence-electron chi connectivity index (χ0n) is 31.0. The fourth-order valence-electron chi connectivity index (χ4n) is 7.48. The second-order valence-corrected chi connectivity index (χ2v) is 14.3. The number of azide groups is 1. The minimum atomic E-state index is 0.446. The molecule has 0 amide bonds. The second-order valence-electron chi connectivity index (χ2n) is 14.3. The molecule has 2 aliphatic rings. The van der Waals surface area contributed by atoms with Crippen LogP contribution in [0.4, 0.5) is 0 Å². The lowest BCUT2D eigenvalue weighted by Gasteiger charge is -2.08. The molecule has 5 heterocycles. The van der Waals surface area contributed by atoms with Gasteiger partial charge in [0.15, 0.2) is 0 Å². The molecule has 7 heteroatoms. The maximum Gasteiger partial charge on any atom is 0.0832 e. The van der Waals surface area contributed by atoms with Crippen molar-refractivity contribution < 1.29 is 0 Å². The summed E-state index contributed by atoms with van der Waals surface area (Å²) in [5.74, 6) is 0. The minimum absolute atomic E-state index is 0.446. The second kappa shape index (κ2) is 13.6. The molecular weight excluding hydrogens is 675 g/mol. The first kappa shape index (κ1) is 33.6. The van der Waals surface area contributed by atoms with Crippen LogP contribution >= 0.6 is 0 Å². The van der Waals surface area contributed by atoms with Crippen LogP contribution in [0, 0.1) is 27.7 Å². The van der Waals surface area contributed by atoms with E-state index in [-0.39, 0.29) is 0 Å². The molecule has 7 aromatic rings. The number of fused-ring (bicyclic) bond motifs is 8. The number of benzene rings is 4. The molecule has 0 saturated heterocycles. The third-order valence-electron chi connectivity index (χ3n) is 10.4. The lowest BCUT2D eigenvalue weighted by Crippen LogP contribution is -1.91. The van der Waals surface area contributed by atoms with Gasteiger partial charge in [0.2, 0.25) is 0 Å². The van der Waals surface area contributed by atoms with Gasteiger partial charge in [0, 0.05) is 49.2 Å². The lowest BCUT2D eigenvalue weighted by atomic mass is 10.0. The maximum absolute atomic E-state index is 9.90. The van der Waals surface area contributed by atoms with E-state index in [1.165, 1.54) is 11.1 Å². The van der Waals surface area contributed by atoms with Gasteiger partial charge in [0.05, 0.1) is 28.5 Å². The van der Waals surface area contributed by atoms with Gasteiger partial charge in [0.1, 0.15) is 0 Å². The number of hydrogen-bond donors (Lipinski definition) is 2. The highest BCUT2D eigenvalue weighted by Gasteiger charge is 2.22. The summed E-state index contributed by atoms with van der Waals surface area (Å²) >= 11 is 0. The average Bonchev–Trinajstić information content (AvgIpc) is 4.02. The summed E-state index contributed by atoms with van der Waals surface area (Å²) in [4.78, 5) is 21.6. The summed E-state index contributed by atoms with van der Waals surface area (Å²) in [6.07, 6.45) is 6.13. The summed E-state index contributed by atoms with van der Waals surface area (Å²) in [7, 11) is 0. The van der Waals surface area contributed by atoms with E-state index in [2.05, 4.69) is 181 Å². The first-order valence-electron chi connectivity index (χ1n) is 18.4. The maximum atomic E-state index is 9.90. The molecule has 0 atom stereocenters. The normalized spacial score (nSPS) is 12.0. The number of aromatic nitrogens is 4. The topological polar surface area (TPSA) is 106 Å². The Hall–Kier alpha value is -7.21. The summed E-state index contributed by atoms with van der Waals surface area (Å²) in [6, 6.07) is 42.4. The summed E-state index contributed by atoms with van der Waals surface area (Å²) < 4.78 is 0. The number of H-pyrrole nitrogens is 2. The fraction of sp³-hybridized carbons (Fsp3) is 0.0833. The van der Waals surface area contributed by atoms with E-state index in [1.807, 2.05) is 6.08 Å². The van der Waals surface area contributed by atoms with Gasteiger partial charge in [-0.15, -0.1) is 0 Å². The van der Waals surface area contributed by atoms with Crippen LogP contribution in [0.2, 0.25) is 0 Å². The number of rotatable bonds is 5. The molecule has 2 N–H and O–H groups in total. The molecule has 9 rings (SSSR count). The number of nitrogens with one attached hydrogen (secondary N) is 2. The van der Waals surface area contributed by atoms with Gasteiger partial charge in [-0.05, 0) is 98.0 Å². The molecule has 0 unspecified atom stereocenters. The van der Waals surface area contributed by atoms with E-state index in [0.29, 0.717) is 17.1 Å². The highest BCUT2D eigenvalue weighted by Crippen LogP contribution is 2.40. The summed E-state index contributed by atoms with van der Waals surface area (Å²) in [6.45, 7) is 8.35. The third kappa shape index (κ3) is 6.23. The molecule has 0 spiro atoms. The molecule has 2 aliphatic heterocycles. The molecular formula is C48H37N7. The lowest BCUT2D eigenvalue weighted by molar-refractivity contribution is 1.29. The highest BCUT2D eigenvalue weighted by molar-refractivity contribution is 6.01. The van der Waals surface area contributed by atoms with Gasteiger partial charge < -0.3 is 9.97 Å². The van der Waals surface area contributed by atoms with Gasteiger partial charge in [0.25, 0.3) is 0 Å². The number of hydrogen-bond acceptors (Lipinski definition) is 3. The van der Waals surface area contributed by atoms with Crippen LogP contribution in [-0.4, -0.2) is 19.9 Å². The van der Waals surface area contributed by atoms with Crippen LogP contribution in [-0.2, 0) is 0 Å². The first-order chi connectivity index (χ1) is 26.8. The predicted octanol–water partition coefficient (Wildman–Crippen LogP) is 13.2. The Labute approximate surface area is 319 Å². The van der Waals surface area contributed by atoms with Crippen molar-refractivity contribution >= 4 is 46.0 Å². The van der Waals surface area contributed by atoms with Crippen molar-refractivity contribution in [1.29, 1.82) is 0 Å². The minimum Gasteiger partial charge on any atom is -0.354 e. The molecule has 55 heavy (non-hydrogen) atoms. The quantitative estimate of drug-likeness (QED) is 0.105. The Bertz CT molecular complexity index is 2920. The van der Waals surface area contributed by atoms with Crippen LogP contribution in [0.3, 0.4) is 0 Å². The average molecular weight is 712 g/mol. The van der Waals surface area contributed by atoms with Gasteiger partial charge in [-0.1, -0.05) is 124 Å². The molecule has 264 valence electrons. The molecule has 4 aromatic carbocycles. The molecule has 0 aliphatic carbocycles. The highest BCUT2D eigenvalue weighted by atomic mass is 15.1. The summed E-state index contributed by atoms with van der Waals surface area (Å²) in [5, 5.41) is 4.25. The van der Waals surface area contributed by atoms with E-state index < -0.39 is 0 Å². The third-order valence-corrected chi connectivity index (χ3v) is 10.4. The molecule has 0 saturated carbocycles. The smallest absolute Gasteiger partial charge is 0.0832 e. The number of aryl methyl sites for hydroxylation is 4. The predicted molar refractivity (Wildman–Crippen MR) is 228 cm³/mol.